The summed E-state index contributed by atoms with van der Waals surface area (Å²) in [5.41, 5.74) is 1.38. The molecule has 1 saturated heterocycles. The smallest absolute Gasteiger partial charge is 0.226 e. The molecular formula is C16H25N3OS. The molecule has 3 rings (SSSR count). The Morgan fingerprint density at radius 2 is 2.10 bits per heavy atom. The molecule has 0 radical (unpaired) electrons. The molecule has 2 heterocycles. The third-order valence-electron chi connectivity index (χ3n) is 5.33. The SMILES string of the molecule is Cc1nc(C)c(C(C)N(C)C(=O)C2CC23CCNCC3)s1. The van der Waals surface area contributed by atoms with Crippen molar-refractivity contribution < 1.29 is 4.79 Å². The van der Waals surface area contributed by atoms with E-state index in [-0.39, 0.29) is 12.0 Å². The summed E-state index contributed by atoms with van der Waals surface area (Å²) in [6.07, 6.45) is 3.40. The predicted octanol–water partition coefficient (Wildman–Crippen LogP) is 2.67. The van der Waals surface area contributed by atoms with E-state index < -0.39 is 0 Å². The number of hydrogen-bond acceptors (Lipinski definition) is 4. The number of nitrogens with one attached hydrogen (secondary N) is 1. The summed E-state index contributed by atoms with van der Waals surface area (Å²) >= 11 is 1.71. The standard InChI is InChI=1S/C16H25N3OS/c1-10-14(21-12(3)18-10)11(2)19(4)15(20)13-9-16(13)5-7-17-8-6-16/h11,13,17H,5-9H2,1-4H3. The summed E-state index contributed by atoms with van der Waals surface area (Å²) in [4.78, 5) is 20.5. The molecule has 1 aromatic heterocycles. The van der Waals surface area contributed by atoms with Gasteiger partial charge in [-0.25, -0.2) is 4.98 Å². The monoisotopic (exact) mass is 307 g/mol. The second-order valence-corrected chi connectivity index (χ2v) is 7.91. The van der Waals surface area contributed by atoms with Gasteiger partial charge < -0.3 is 10.2 Å². The average Bonchev–Trinajstić information content (AvgIpc) is 3.04. The molecule has 21 heavy (non-hydrogen) atoms. The number of nitrogens with zero attached hydrogens (tertiary/aromatic N) is 2. The summed E-state index contributed by atoms with van der Waals surface area (Å²) in [6, 6.07) is 0.128. The summed E-state index contributed by atoms with van der Waals surface area (Å²) in [6.45, 7) is 8.32. The van der Waals surface area contributed by atoms with Crippen LogP contribution >= 0.6 is 11.3 Å². The molecule has 1 amide bonds. The lowest BCUT2D eigenvalue weighted by atomic mass is 9.91. The number of amides is 1. The fraction of sp³-hybridized carbons (Fsp3) is 0.750. The minimum absolute atomic E-state index is 0.128. The van der Waals surface area contributed by atoms with Crippen LogP contribution in [0.25, 0.3) is 0 Å². The minimum Gasteiger partial charge on any atom is -0.338 e. The lowest BCUT2D eigenvalue weighted by Crippen LogP contribution is -2.35. The summed E-state index contributed by atoms with van der Waals surface area (Å²) in [5.74, 6) is 0.580. The maximum Gasteiger partial charge on any atom is 0.226 e. The molecule has 4 nitrogen and oxygen atoms in total. The van der Waals surface area contributed by atoms with E-state index in [1.165, 1.54) is 4.88 Å². The minimum atomic E-state index is 0.128. The molecule has 2 unspecified atom stereocenters. The number of hydrogen-bond donors (Lipinski definition) is 1. The highest BCUT2D eigenvalue weighted by Gasteiger charge is 2.58. The Balaban J connectivity index is 1.69. The fourth-order valence-corrected chi connectivity index (χ4v) is 4.74. The van der Waals surface area contributed by atoms with Crippen LogP contribution in [0, 0.1) is 25.2 Å². The number of aryl methyl sites for hydroxylation is 2. The number of piperidine rings is 1. The van der Waals surface area contributed by atoms with Gasteiger partial charge in [0, 0.05) is 17.8 Å². The Labute approximate surface area is 130 Å². The number of aromatic nitrogens is 1. The van der Waals surface area contributed by atoms with Gasteiger partial charge in [-0.1, -0.05) is 0 Å². The zero-order valence-corrected chi connectivity index (χ0v) is 14.2. The van der Waals surface area contributed by atoms with Gasteiger partial charge in [0.2, 0.25) is 5.91 Å². The Bertz CT molecular complexity index is 548. The van der Waals surface area contributed by atoms with Gasteiger partial charge in [-0.2, -0.15) is 0 Å². The quantitative estimate of drug-likeness (QED) is 0.934. The first-order chi connectivity index (χ1) is 9.94. The van der Waals surface area contributed by atoms with Crippen LogP contribution in [0.1, 0.15) is 47.8 Å². The lowest BCUT2D eigenvalue weighted by molar-refractivity contribution is -0.134. The third kappa shape index (κ3) is 2.61. The zero-order valence-electron chi connectivity index (χ0n) is 13.4. The molecule has 2 atom stereocenters. The molecule has 1 aliphatic heterocycles. The van der Waals surface area contributed by atoms with Crippen LogP contribution in [0.4, 0.5) is 0 Å². The van der Waals surface area contributed by atoms with Gasteiger partial charge in [0.15, 0.2) is 0 Å². The molecule has 1 aromatic rings. The molecule has 0 aromatic carbocycles. The molecule has 116 valence electrons. The van der Waals surface area contributed by atoms with Gasteiger partial charge in [0.1, 0.15) is 0 Å². The van der Waals surface area contributed by atoms with Gasteiger partial charge in [-0.15, -0.1) is 11.3 Å². The van der Waals surface area contributed by atoms with Crippen molar-refractivity contribution in [2.24, 2.45) is 11.3 Å². The lowest BCUT2D eigenvalue weighted by Gasteiger charge is -2.28. The van der Waals surface area contributed by atoms with E-state index in [4.69, 9.17) is 0 Å². The highest BCUT2D eigenvalue weighted by atomic mass is 32.1. The van der Waals surface area contributed by atoms with Gasteiger partial charge in [0.05, 0.1) is 16.7 Å². The van der Waals surface area contributed by atoms with Crippen molar-refractivity contribution in [3.8, 4) is 0 Å². The van der Waals surface area contributed by atoms with Crippen molar-refractivity contribution in [3.63, 3.8) is 0 Å². The van der Waals surface area contributed by atoms with Crippen LogP contribution < -0.4 is 5.32 Å². The number of carbonyl (C=O) groups is 1. The van der Waals surface area contributed by atoms with Gasteiger partial charge in [-0.3, -0.25) is 4.79 Å². The maximum absolute atomic E-state index is 12.8. The number of carbonyl (C=O) groups excluding carboxylic acids is 1. The maximum atomic E-state index is 12.8. The van der Waals surface area contributed by atoms with Crippen molar-refractivity contribution in [1.29, 1.82) is 0 Å². The van der Waals surface area contributed by atoms with E-state index in [9.17, 15) is 4.79 Å². The first-order valence-corrected chi connectivity index (χ1v) is 8.67. The van der Waals surface area contributed by atoms with Crippen LogP contribution in [-0.2, 0) is 4.79 Å². The summed E-state index contributed by atoms with van der Waals surface area (Å²) in [5, 5.41) is 4.48. The molecule has 2 fully saturated rings. The van der Waals surface area contributed by atoms with Crippen molar-refractivity contribution in [2.75, 3.05) is 20.1 Å². The van der Waals surface area contributed by atoms with E-state index in [1.54, 1.807) is 11.3 Å². The Morgan fingerprint density at radius 3 is 2.67 bits per heavy atom. The molecule has 1 aliphatic carbocycles. The second-order valence-electron chi connectivity index (χ2n) is 6.68. The van der Waals surface area contributed by atoms with Crippen molar-refractivity contribution >= 4 is 17.2 Å². The van der Waals surface area contributed by atoms with Crippen molar-refractivity contribution in [1.82, 2.24) is 15.2 Å². The zero-order chi connectivity index (χ0) is 15.2. The first-order valence-electron chi connectivity index (χ1n) is 7.86. The van der Waals surface area contributed by atoms with E-state index in [0.29, 0.717) is 11.3 Å². The molecule has 5 heteroatoms. The normalized spacial score (nSPS) is 24.9. The topological polar surface area (TPSA) is 45.2 Å². The molecule has 2 aliphatic rings. The van der Waals surface area contributed by atoms with Crippen LogP contribution in [0.15, 0.2) is 0 Å². The van der Waals surface area contributed by atoms with E-state index in [2.05, 4.69) is 17.2 Å². The second kappa shape index (κ2) is 5.36. The van der Waals surface area contributed by atoms with E-state index in [0.717, 1.165) is 43.1 Å². The molecule has 1 N–H and O–H groups in total. The average molecular weight is 307 g/mol. The number of thiazole rings is 1. The van der Waals surface area contributed by atoms with Gasteiger partial charge in [0.25, 0.3) is 0 Å². The van der Waals surface area contributed by atoms with Crippen molar-refractivity contribution in [3.05, 3.63) is 15.6 Å². The van der Waals surface area contributed by atoms with Crippen LogP contribution in [0.5, 0.6) is 0 Å². The predicted molar refractivity (Wildman–Crippen MR) is 85.4 cm³/mol. The summed E-state index contributed by atoms with van der Waals surface area (Å²) < 4.78 is 0. The third-order valence-corrected chi connectivity index (χ3v) is 6.58. The van der Waals surface area contributed by atoms with Crippen molar-refractivity contribution in [2.45, 2.75) is 46.1 Å². The highest BCUT2D eigenvalue weighted by molar-refractivity contribution is 7.11. The molecule has 1 saturated carbocycles. The number of rotatable bonds is 3. The fourth-order valence-electron chi connectivity index (χ4n) is 3.72. The van der Waals surface area contributed by atoms with E-state index in [1.807, 2.05) is 25.8 Å². The molecular weight excluding hydrogens is 282 g/mol. The summed E-state index contributed by atoms with van der Waals surface area (Å²) in [7, 11) is 1.95. The Hall–Kier alpha value is -0.940. The van der Waals surface area contributed by atoms with Gasteiger partial charge >= 0.3 is 0 Å². The van der Waals surface area contributed by atoms with E-state index >= 15 is 0 Å². The highest BCUT2D eigenvalue weighted by Crippen LogP contribution is 2.59. The Kier molecular flexibility index (Phi) is 3.82. The van der Waals surface area contributed by atoms with Gasteiger partial charge in [-0.05, 0) is 58.5 Å². The van der Waals surface area contributed by atoms with Crippen LogP contribution in [0.3, 0.4) is 0 Å². The van der Waals surface area contributed by atoms with Crippen LogP contribution in [-0.4, -0.2) is 35.9 Å². The molecule has 0 bridgehead atoms. The Morgan fingerprint density at radius 1 is 1.43 bits per heavy atom. The van der Waals surface area contributed by atoms with Crippen LogP contribution in [0.2, 0.25) is 0 Å². The first kappa shape index (κ1) is 15.0. The largest absolute Gasteiger partial charge is 0.338 e. The molecule has 1 spiro atoms.